The Balaban J connectivity index is 3.88. The van der Waals surface area contributed by atoms with Gasteiger partial charge in [-0.15, -0.1) is 6.58 Å². The van der Waals surface area contributed by atoms with E-state index in [1.165, 1.54) is 0 Å². The van der Waals surface area contributed by atoms with Gasteiger partial charge in [0.2, 0.25) is 0 Å². The van der Waals surface area contributed by atoms with Gasteiger partial charge in [-0.05, 0) is 25.8 Å². The summed E-state index contributed by atoms with van der Waals surface area (Å²) in [5.74, 6) is 0.482. The van der Waals surface area contributed by atoms with E-state index in [0.29, 0.717) is 6.42 Å². The van der Waals surface area contributed by atoms with Crippen LogP contribution >= 0.6 is 0 Å². The molecule has 0 aliphatic carbocycles. The van der Waals surface area contributed by atoms with Gasteiger partial charge in [-0.25, -0.2) is 0 Å². The molecule has 0 radical (unpaired) electrons. The molecule has 0 rings (SSSR count). The van der Waals surface area contributed by atoms with Gasteiger partial charge in [-0.2, -0.15) is 0 Å². The van der Waals surface area contributed by atoms with Gasteiger partial charge in [-0.1, -0.05) is 18.6 Å². The van der Waals surface area contributed by atoms with Crippen molar-refractivity contribution in [3.05, 3.63) is 24.3 Å². The van der Waals surface area contributed by atoms with Gasteiger partial charge in [0, 0.05) is 6.42 Å². The maximum Gasteiger partial charge on any atom is 0.156 e. The zero-order chi connectivity index (χ0) is 8.85. The summed E-state index contributed by atoms with van der Waals surface area (Å²) in [6.45, 7) is 9.46. The first kappa shape index (κ1) is 10.2. The minimum atomic E-state index is 0.192. The van der Waals surface area contributed by atoms with Gasteiger partial charge in [0.1, 0.15) is 0 Å². The van der Waals surface area contributed by atoms with Gasteiger partial charge >= 0.3 is 0 Å². The van der Waals surface area contributed by atoms with E-state index in [0.717, 1.165) is 5.57 Å². The topological polar surface area (TPSA) is 17.1 Å². The maximum atomic E-state index is 11.1. The lowest BCUT2D eigenvalue weighted by Crippen LogP contribution is -1.99. The second-order valence-electron chi connectivity index (χ2n) is 3.11. The van der Waals surface area contributed by atoms with Crippen LogP contribution in [0, 0.1) is 5.92 Å². The van der Waals surface area contributed by atoms with Crippen molar-refractivity contribution in [1.29, 1.82) is 0 Å². The molecule has 1 heteroatoms. The van der Waals surface area contributed by atoms with Gasteiger partial charge in [-0.3, -0.25) is 4.79 Å². The number of rotatable bonds is 4. The molecule has 0 aromatic heterocycles. The highest BCUT2D eigenvalue weighted by atomic mass is 16.1. The minimum absolute atomic E-state index is 0.192. The molecule has 0 fully saturated rings. The average molecular weight is 152 g/mol. The number of hydrogen-bond acceptors (Lipinski definition) is 1. The van der Waals surface area contributed by atoms with E-state index < -0.39 is 0 Å². The number of ketones is 1. The lowest BCUT2D eigenvalue weighted by molar-refractivity contribution is -0.115. The molecule has 0 saturated carbocycles. The molecule has 0 N–H and O–H groups in total. The van der Waals surface area contributed by atoms with Crippen LogP contribution in [-0.4, -0.2) is 5.78 Å². The van der Waals surface area contributed by atoms with Gasteiger partial charge in [0.15, 0.2) is 5.78 Å². The second-order valence-corrected chi connectivity index (χ2v) is 3.11. The maximum absolute atomic E-state index is 11.1. The molecule has 0 bridgehead atoms. The Labute approximate surface area is 68.8 Å². The Morgan fingerprint density at radius 2 is 2.09 bits per heavy atom. The number of carbonyl (C=O) groups excluding carboxylic acids is 1. The van der Waals surface area contributed by atoms with Crippen molar-refractivity contribution in [3.63, 3.8) is 0 Å². The summed E-state index contributed by atoms with van der Waals surface area (Å²) in [5, 5.41) is 0. The monoisotopic (exact) mass is 152 g/mol. The van der Waals surface area contributed by atoms with Crippen LogP contribution in [0.4, 0.5) is 0 Å². The molecule has 0 spiro atoms. The van der Waals surface area contributed by atoms with Crippen molar-refractivity contribution in [2.24, 2.45) is 5.92 Å². The third-order valence-corrected chi connectivity index (χ3v) is 1.38. The fourth-order valence-electron chi connectivity index (χ4n) is 0.782. The molecule has 0 aromatic rings. The smallest absolute Gasteiger partial charge is 0.156 e. The van der Waals surface area contributed by atoms with Crippen molar-refractivity contribution in [3.8, 4) is 0 Å². The molecule has 11 heavy (non-hydrogen) atoms. The normalized spacial score (nSPS) is 11.9. The Kier molecular flexibility index (Phi) is 4.51. The average Bonchev–Trinajstić information content (AvgIpc) is 1.85. The lowest BCUT2D eigenvalue weighted by Gasteiger charge is -2.00. The first-order chi connectivity index (χ1) is 5.06. The molecule has 0 aromatic carbocycles. The fraction of sp³-hybridized carbons (Fsp3) is 0.500. The molecule has 0 amide bonds. The van der Waals surface area contributed by atoms with Crippen LogP contribution in [0.3, 0.4) is 0 Å². The van der Waals surface area contributed by atoms with E-state index in [1.54, 1.807) is 12.2 Å². The summed E-state index contributed by atoms with van der Waals surface area (Å²) in [6, 6.07) is 0. The highest BCUT2D eigenvalue weighted by Gasteiger charge is 2.01. The minimum Gasteiger partial charge on any atom is -0.295 e. The molecule has 0 aliphatic rings. The molecule has 0 saturated heterocycles. The van der Waals surface area contributed by atoms with Crippen LogP contribution in [0.2, 0.25) is 0 Å². The number of hydrogen-bond donors (Lipinski definition) is 0. The van der Waals surface area contributed by atoms with Crippen molar-refractivity contribution in [2.45, 2.75) is 27.2 Å². The van der Waals surface area contributed by atoms with Gasteiger partial charge in [0.05, 0.1) is 0 Å². The van der Waals surface area contributed by atoms with Gasteiger partial charge < -0.3 is 0 Å². The lowest BCUT2D eigenvalue weighted by atomic mass is 10.0. The third-order valence-electron chi connectivity index (χ3n) is 1.38. The highest BCUT2D eigenvalue weighted by molar-refractivity contribution is 5.90. The first-order valence-corrected chi connectivity index (χ1v) is 3.86. The SMILES string of the molecule is C=C[C@H](C)CC(=O)C=C(C)C. The van der Waals surface area contributed by atoms with Crippen LogP contribution in [0.15, 0.2) is 24.3 Å². The van der Waals surface area contributed by atoms with Crippen LogP contribution in [-0.2, 0) is 4.79 Å². The van der Waals surface area contributed by atoms with Crippen LogP contribution < -0.4 is 0 Å². The van der Waals surface area contributed by atoms with Gasteiger partial charge in [0.25, 0.3) is 0 Å². The zero-order valence-corrected chi connectivity index (χ0v) is 7.55. The molecular weight excluding hydrogens is 136 g/mol. The van der Waals surface area contributed by atoms with E-state index in [-0.39, 0.29) is 11.7 Å². The highest BCUT2D eigenvalue weighted by Crippen LogP contribution is 2.04. The summed E-state index contributed by atoms with van der Waals surface area (Å²) < 4.78 is 0. The molecule has 0 unspecified atom stereocenters. The molecule has 0 aliphatic heterocycles. The Bertz CT molecular complexity index is 173. The summed E-state index contributed by atoms with van der Waals surface area (Å²) in [6.07, 6.45) is 4.06. The van der Waals surface area contributed by atoms with Crippen molar-refractivity contribution < 1.29 is 4.79 Å². The quantitative estimate of drug-likeness (QED) is 0.447. The predicted molar refractivity (Wildman–Crippen MR) is 48.4 cm³/mol. The Morgan fingerprint density at radius 1 is 1.55 bits per heavy atom. The van der Waals surface area contributed by atoms with Crippen molar-refractivity contribution in [1.82, 2.24) is 0 Å². The van der Waals surface area contributed by atoms with E-state index >= 15 is 0 Å². The predicted octanol–water partition coefficient (Wildman–Crippen LogP) is 2.73. The Hall–Kier alpha value is -0.850. The summed E-state index contributed by atoms with van der Waals surface area (Å²) in [5.41, 5.74) is 1.06. The van der Waals surface area contributed by atoms with Crippen molar-refractivity contribution >= 4 is 5.78 Å². The molecule has 0 heterocycles. The molecule has 62 valence electrons. The molecule has 1 nitrogen and oxygen atoms in total. The van der Waals surface area contributed by atoms with Crippen molar-refractivity contribution in [2.75, 3.05) is 0 Å². The standard InChI is InChI=1S/C10H16O/c1-5-9(4)7-10(11)6-8(2)3/h5-6,9H,1,7H2,2-4H3/t9-/m0/s1. The van der Waals surface area contributed by atoms with E-state index in [1.807, 2.05) is 20.8 Å². The van der Waals surface area contributed by atoms with Crippen LogP contribution in [0.25, 0.3) is 0 Å². The summed E-state index contributed by atoms with van der Waals surface area (Å²) >= 11 is 0. The summed E-state index contributed by atoms with van der Waals surface area (Å²) in [7, 11) is 0. The van der Waals surface area contributed by atoms with Crippen LogP contribution in [0.1, 0.15) is 27.2 Å². The Morgan fingerprint density at radius 3 is 2.45 bits per heavy atom. The second kappa shape index (κ2) is 4.89. The van der Waals surface area contributed by atoms with Crippen LogP contribution in [0.5, 0.6) is 0 Å². The third kappa shape index (κ3) is 5.59. The zero-order valence-electron chi connectivity index (χ0n) is 7.55. The molecular formula is C10H16O. The number of carbonyl (C=O) groups is 1. The largest absolute Gasteiger partial charge is 0.295 e. The molecule has 1 atom stereocenters. The van der Waals surface area contributed by atoms with E-state index in [9.17, 15) is 4.79 Å². The number of allylic oxidation sites excluding steroid dienone is 3. The fourth-order valence-corrected chi connectivity index (χ4v) is 0.782. The van der Waals surface area contributed by atoms with E-state index in [2.05, 4.69) is 6.58 Å². The van der Waals surface area contributed by atoms with E-state index in [4.69, 9.17) is 0 Å². The summed E-state index contributed by atoms with van der Waals surface area (Å²) in [4.78, 5) is 11.1. The first-order valence-electron chi connectivity index (χ1n) is 3.86.